The maximum atomic E-state index is 12.8. The predicted molar refractivity (Wildman–Crippen MR) is 134 cm³/mol. The van der Waals surface area contributed by atoms with E-state index in [1.54, 1.807) is 11.8 Å². The van der Waals surface area contributed by atoms with E-state index in [0.29, 0.717) is 11.5 Å². The van der Waals surface area contributed by atoms with E-state index < -0.39 is 0 Å². The number of thioether (sulfide) groups is 2. The molecule has 2 aromatic rings. The van der Waals surface area contributed by atoms with Crippen LogP contribution in [0.15, 0.2) is 57.7 Å². The second-order valence-electron chi connectivity index (χ2n) is 7.74. The number of anilines is 1. The average Bonchev–Trinajstić information content (AvgIpc) is 3.15. The first-order chi connectivity index (χ1) is 14.3. The standard InChI is InChI=1S/C24H23NO2S3/c1-5-27-22(26)20-19(15-9-7-6-8-10-15)29-23(30-20)18-16-13-14(2)11-12-17(16)25-24(3,4)21(18)28/h6-13,25H,5H2,1-4H3/b23-18-. The van der Waals surface area contributed by atoms with Crippen molar-refractivity contribution in [3.8, 4) is 0 Å². The average molecular weight is 454 g/mol. The zero-order valence-corrected chi connectivity index (χ0v) is 19.8. The Hall–Kier alpha value is -2.02. The minimum absolute atomic E-state index is 0.284. The van der Waals surface area contributed by atoms with Crippen molar-refractivity contribution in [1.29, 1.82) is 0 Å². The van der Waals surface area contributed by atoms with E-state index in [0.717, 1.165) is 36.4 Å². The number of carbonyl (C=O) groups excluding carboxylic acids is 1. The third-order valence-corrected chi connectivity index (χ3v) is 8.32. The Bertz CT molecular complexity index is 1100. The van der Waals surface area contributed by atoms with Gasteiger partial charge in [-0.05, 0) is 45.4 Å². The van der Waals surface area contributed by atoms with Crippen LogP contribution >= 0.6 is 35.7 Å². The fraction of sp³-hybridized carbons (Fsp3) is 0.250. The number of esters is 1. The summed E-state index contributed by atoms with van der Waals surface area (Å²) in [4.78, 5) is 15.2. The number of aryl methyl sites for hydroxylation is 1. The Balaban J connectivity index is 1.88. The summed E-state index contributed by atoms with van der Waals surface area (Å²) in [5.74, 6) is -0.284. The molecule has 0 atom stereocenters. The molecule has 0 aromatic heterocycles. The maximum Gasteiger partial charge on any atom is 0.346 e. The summed E-state index contributed by atoms with van der Waals surface area (Å²) in [6, 6.07) is 16.4. The van der Waals surface area contributed by atoms with Crippen LogP contribution in [0.3, 0.4) is 0 Å². The lowest BCUT2D eigenvalue weighted by Gasteiger charge is -2.37. The van der Waals surface area contributed by atoms with Gasteiger partial charge in [0.15, 0.2) is 0 Å². The van der Waals surface area contributed by atoms with E-state index in [2.05, 4.69) is 44.3 Å². The molecule has 0 aliphatic carbocycles. The summed E-state index contributed by atoms with van der Waals surface area (Å²) in [7, 11) is 0. The van der Waals surface area contributed by atoms with Crippen molar-refractivity contribution >= 4 is 62.7 Å². The van der Waals surface area contributed by atoms with Crippen molar-refractivity contribution in [2.24, 2.45) is 0 Å². The number of benzene rings is 2. The van der Waals surface area contributed by atoms with E-state index in [1.165, 1.54) is 17.3 Å². The molecule has 1 N–H and O–H groups in total. The monoisotopic (exact) mass is 453 g/mol. The van der Waals surface area contributed by atoms with Crippen LogP contribution in [0.5, 0.6) is 0 Å². The molecule has 0 saturated carbocycles. The molecule has 154 valence electrons. The Kier molecular flexibility index (Phi) is 5.84. The third kappa shape index (κ3) is 3.84. The summed E-state index contributed by atoms with van der Waals surface area (Å²) < 4.78 is 6.40. The van der Waals surface area contributed by atoms with Crippen molar-refractivity contribution in [2.45, 2.75) is 33.2 Å². The molecule has 0 radical (unpaired) electrons. The van der Waals surface area contributed by atoms with E-state index in [-0.39, 0.29) is 11.5 Å². The number of thiocarbonyl (C=S) groups is 1. The fourth-order valence-electron chi connectivity index (χ4n) is 3.52. The highest BCUT2D eigenvalue weighted by molar-refractivity contribution is 8.32. The van der Waals surface area contributed by atoms with E-state index in [1.807, 2.05) is 37.3 Å². The van der Waals surface area contributed by atoms with Crippen molar-refractivity contribution in [3.63, 3.8) is 0 Å². The fourth-order valence-corrected chi connectivity index (χ4v) is 6.61. The van der Waals surface area contributed by atoms with E-state index in [4.69, 9.17) is 17.0 Å². The number of hydrogen-bond acceptors (Lipinski definition) is 6. The largest absolute Gasteiger partial charge is 0.462 e. The van der Waals surface area contributed by atoms with Crippen molar-refractivity contribution < 1.29 is 9.53 Å². The molecule has 30 heavy (non-hydrogen) atoms. The normalized spacial score (nSPS) is 20.1. The molecular weight excluding hydrogens is 430 g/mol. The van der Waals surface area contributed by atoms with Gasteiger partial charge in [0, 0.05) is 26.6 Å². The predicted octanol–water partition coefficient (Wildman–Crippen LogP) is 6.65. The zero-order chi connectivity index (χ0) is 21.5. The van der Waals surface area contributed by atoms with Gasteiger partial charge in [0.1, 0.15) is 4.91 Å². The van der Waals surface area contributed by atoms with Crippen LogP contribution in [0.2, 0.25) is 0 Å². The van der Waals surface area contributed by atoms with Crippen LogP contribution in [-0.2, 0) is 9.53 Å². The van der Waals surface area contributed by atoms with Gasteiger partial charge in [-0.15, -0.1) is 0 Å². The number of carbonyl (C=O) groups is 1. The Morgan fingerprint density at radius 1 is 1.13 bits per heavy atom. The van der Waals surface area contributed by atoms with Crippen LogP contribution in [0.4, 0.5) is 5.69 Å². The van der Waals surface area contributed by atoms with Crippen molar-refractivity contribution in [3.05, 3.63) is 74.4 Å². The molecule has 6 heteroatoms. The number of fused-ring (bicyclic) bond motifs is 1. The molecule has 0 saturated heterocycles. The topological polar surface area (TPSA) is 38.3 Å². The first-order valence-electron chi connectivity index (χ1n) is 9.82. The van der Waals surface area contributed by atoms with Crippen LogP contribution in [0.1, 0.15) is 37.5 Å². The van der Waals surface area contributed by atoms with Gasteiger partial charge in [-0.25, -0.2) is 4.79 Å². The lowest BCUT2D eigenvalue weighted by Crippen LogP contribution is -2.43. The third-order valence-electron chi connectivity index (χ3n) is 4.98. The summed E-state index contributed by atoms with van der Waals surface area (Å²) in [6.07, 6.45) is 0. The molecule has 4 rings (SSSR count). The molecule has 0 spiro atoms. The van der Waals surface area contributed by atoms with Gasteiger partial charge in [0.2, 0.25) is 0 Å². The van der Waals surface area contributed by atoms with Crippen LogP contribution in [0, 0.1) is 6.92 Å². The number of nitrogens with one attached hydrogen (secondary N) is 1. The van der Waals surface area contributed by atoms with Crippen molar-refractivity contribution in [2.75, 3.05) is 11.9 Å². The van der Waals surface area contributed by atoms with Gasteiger partial charge in [-0.1, -0.05) is 77.7 Å². The van der Waals surface area contributed by atoms with Crippen LogP contribution in [0.25, 0.3) is 10.5 Å². The van der Waals surface area contributed by atoms with Crippen LogP contribution in [-0.4, -0.2) is 23.0 Å². The lowest BCUT2D eigenvalue weighted by molar-refractivity contribution is -0.137. The van der Waals surface area contributed by atoms with Gasteiger partial charge >= 0.3 is 5.97 Å². The molecule has 2 heterocycles. The molecule has 0 fully saturated rings. The molecule has 3 nitrogen and oxygen atoms in total. The van der Waals surface area contributed by atoms with E-state index >= 15 is 0 Å². The highest BCUT2D eigenvalue weighted by Gasteiger charge is 2.38. The second-order valence-corrected chi connectivity index (χ2v) is 10.4. The minimum atomic E-state index is -0.360. The summed E-state index contributed by atoms with van der Waals surface area (Å²) in [6.45, 7) is 8.45. The maximum absolute atomic E-state index is 12.8. The summed E-state index contributed by atoms with van der Waals surface area (Å²) >= 11 is 9.04. The molecule has 2 aliphatic heterocycles. The van der Waals surface area contributed by atoms with E-state index in [9.17, 15) is 4.79 Å². The number of rotatable bonds is 3. The summed E-state index contributed by atoms with van der Waals surface area (Å²) in [5.41, 5.74) is 5.01. The minimum Gasteiger partial charge on any atom is -0.462 e. The smallest absolute Gasteiger partial charge is 0.346 e. The van der Waals surface area contributed by atoms with Gasteiger partial charge in [0.05, 0.1) is 16.4 Å². The molecule has 0 unspecified atom stereocenters. The Labute approximate surface area is 191 Å². The van der Waals surface area contributed by atoms with Crippen molar-refractivity contribution in [1.82, 2.24) is 0 Å². The second kappa shape index (κ2) is 8.25. The molecule has 0 bridgehead atoms. The Morgan fingerprint density at radius 2 is 1.87 bits per heavy atom. The highest BCUT2D eigenvalue weighted by Crippen LogP contribution is 2.58. The van der Waals surface area contributed by atoms with Gasteiger partial charge in [-0.3, -0.25) is 0 Å². The zero-order valence-electron chi connectivity index (χ0n) is 17.4. The number of hydrogen-bond donors (Lipinski definition) is 1. The van der Waals surface area contributed by atoms with Gasteiger partial charge in [0.25, 0.3) is 0 Å². The Morgan fingerprint density at radius 3 is 2.57 bits per heavy atom. The number of ether oxygens (including phenoxy) is 1. The first-order valence-corrected chi connectivity index (χ1v) is 11.9. The molecule has 0 amide bonds. The highest BCUT2D eigenvalue weighted by atomic mass is 32.2. The molecule has 2 aromatic carbocycles. The summed E-state index contributed by atoms with van der Waals surface area (Å²) in [5, 5.41) is 3.56. The molecule has 2 aliphatic rings. The van der Waals surface area contributed by atoms with Gasteiger partial charge in [-0.2, -0.15) is 0 Å². The quantitative estimate of drug-likeness (QED) is 0.319. The van der Waals surface area contributed by atoms with Crippen LogP contribution < -0.4 is 5.32 Å². The molecular formula is C24H23NO2S3. The van der Waals surface area contributed by atoms with Gasteiger partial charge < -0.3 is 10.1 Å². The SMILES string of the molecule is CCOC(=O)C1=C(c2ccccc2)S/C(=C2/C(=S)C(C)(C)Nc3ccc(C)cc32)S1. The first kappa shape index (κ1) is 21.2. The lowest BCUT2D eigenvalue weighted by atomic mass is 9.85.